The lowest BCUT2D eigenvalue weighted by atomic mass is 9.88. The van der Waals surface area contributed by atoms with Crippen LogP contribution in [0.4, 0.5) is 0 Å². The third-order valence-electron chi connectivity index (χ3n) is 1.79. The fraction of sp³-hybridized carbons (Fsp3) is 0.778. The number of nitriles is 1. The van der Waals surface area contributed by atoms with Crippen molar-refractivity contribution in [1.82, 2.24) is 5.32 Å². The third kappa shape index (κ3) is 7.29. The Balaban J connectivity index is 3.63. The minimum Gasteiger partial charge on any atom is -0.480 e. The van der Waals surface area contributed by atoms with Crippen LogP contribution in [0.15, 0.2) is 0 Å². The van der Waals surface area contributed by atoms with E-state index in [-0.39, 0.29) is 12.0 Å². The Bertz CT molecular complexity index is 206. The molecule has 0 atom stereocenters. The molecular formula is C9H16N2O2. The third-order valence-corrected chi connectivity index (χ3v) is 1.79. The maximum absolute atomic E-state index is 10.2. The molecule has 0 amide bonds. The minimum absolute atomic E-state index is 0.00875. The number of hydrogen-bond donors (Lipinski definition) is 2. The first kappa shape index (κ1) is 11.9. The second-order valence-electron chi connectivity index (χ2n) is 3.82. The van der Waals surface area contributed by atoms with E-state index >= 15 is 0 Å². The number of carboxylic acid groups (broad SMARTS) is 1. The van der Waals surface area contributed by atoms with Gasteiger partial charge < -0.3 is 10.4 Å². The first-order chi connectivity index (χ1) is 5.98. The van der Waals surface area contributed by atoms with E-state index in [1.165, 1.54) is 0 Å². The minimum atomic E-state index is -0.851. The Kier molecular flexibility index (Phi) is 5.09. The molecule has 13 heavy (non-hydrogen) atoms. The van der Waals surface area contributed by atoms with Crippen LogP contribution in [0.1, 0.15) is 26.7 Å². The molecule has 0 aliphatic rings. The van der Waals surface area contributed by atoms with Crippen LogP contribution < -0.4 is 5.32 Å². The molecule has 0 aliphatic carbocycles. The van der Waals surface area contributed by atoms with Crippen molar-refractivity contribution in [3.63, 3.8) is 0 Å². The molecule has 0 radical (unpaired) electrons. The highest BCUT2D eigenvalue weighted by atomic mass is 16.4. The first-order valence-electron chi connectivity index (χ1n) is 4.27. The van der Waals surface area contributed by atoms with Crippen molar-refractivity contribution in [2.75, 3.05) is 13.1 Å². The maximum Gasteiger partial charge on any atom is 0.317 e. The molecule has 0 spiro atoms. The lowest BCUT2D eigenvalue weighted by Crippen LogP contribution is -2.32. The average Bonchev–Trinajstić information content (AvgIpc) is 2.00. The fourth-order valence-corrected chi connectivity index (χ4v) is 0.990. The summed E-state index contributed by atoms with van der Waals surface area (Å²) in [6.07, 6.45) is 1.30. The van der Waals surface area contributed by atoms with Gasteiger partial charge in [-0.05, 0) is 11.8 Å². The van der Waals surface area contributed by atoms with E-state index in [1.807, 2.05) is 13.8 Å². The van der Waals surface area contributed by atoms with Gasteiger partial charge in [0.05, 0.1) is 12.6 Å². The van der Waals surface area contributed by atoms with Crippen LogP contribution in [0, 0.1) is 16.7 Å². The fourth-order valence-electron chi connectivity index (χ4n) is 0.990. The summed E-state index contributed by atoms with van der Waals surface area (Å²) in [5.41, 5.74) is -0.00875. The van der Waals surface area contributed by atoms with E-state index in [2.05, 4.69) is 11.4 Å². The summed E-state index contributed by atoms with van der Waals surface area (Å²) < 4.78 is 0. The Morgan fingerprint density at radius 1 is 1.62 bits per heavy atom. The molecule has 0 aromatic heterocycles. The summed E-state index contributed by atoms with van der Waals surface area (Å²) >= 11 is 0. The predicted octanol–water partition coefficient (Wildman–Crippen LogP) is 0.991. The van der Waals surface area contributed by atoms with Crippen molar-refractivity contribution < 1.29 is 9.90 Å². The molecule has 0 saturated carbocycles. The lowest BCUT2D eigenvalue weighted by molar-refractivity contribution is -0.136. The van der Waals surface area contributed by atoms with Crippen LogP contribution >= 0.6 is 0 Å². The van der Waals surface area contributed by atoms with Crippen molar-refractivity contribution in [3.05, 3.63) is 0 Å². The summed E-state index contributed by atoms with van der Waals surface area (Å²) in [5.74, 6) is -0.851. The zero-order chi connectivity index (χ0) is 10.3. The highest BCUT2D eigenvalue weighted by Crippen LogP contribution is 2.20. The van der Waals surface area contributed by atoms with Crippen LogP contribution in [-0.2, 0) is 4.79 Å². The molecule has 2 N–H and O–H groups in total. The lowest BCUT2D eigenvalue weighted by Gasteiger charge is -2.23. The number of rotatable bonds is 6. The SMILES string of the molecule is CC(C)(CCC#N)CNCC(=O)O. The van der Waals surface area contributed by atoms with E-state index in [9.17, 15) is 4.79 Å². The van der Waals surface area contributed by atoms with Gasteiger partial charge >= 0.3 is 5.97 Å². The van der Waals surface area contributed by atoms with Crippen molar-refractivity contribution in [2.45, 2.75) is 26.7 Å². The van der Waals surface area contributed by atoms with Gasteiger partial charge in [-0.25, -0.2) is 0 Å². The highest BCUT2D eigenvalue weighted by Gasteiger charge is 2.16. The van der Waals surface area contributed by atoms with Gasteiger partial charge in [0.2, 0.25) is 0 Å². The number of hydrogen-bond acceptors (Lipinski definition) is 3. The summed E-state index contributed by atoms with van der Waals surface area (Å²) in [7, 11) is 0. The molecule has 0 unspecified atom stereocenters. The number of aliphatic carboxylic acids is 1. The smallest absolute Gasteiger partial charge is 0.317 e. The van der Waals surface area contributed by atoms with E-state index in [0.717, 1.165) is 6.42 Å². The van der Waals surface area contributed by atoms with Gasteiger partial charge in [-0.1, -0.05) is 13.8 Å². The van der Waals surface area contributed by atoms with Crippen molar-refractivity contribution in [1.29, 1.82) is 5.26 Å². The van der Waals surface area contributed by atoms with E-state index < -0.39 is 5.97 Å². The largest absolute Gasteiger partial charge is 0.480 e. The summed E-state index contributed by atoms with van der Waals surface area (Å²) in [5, 5.41) is 19.6. The van der Waals surface area contributed by atoms with Gasteiger partial charge in [-0.3, -0.25) is 4.79 Å². The topological polar surface area (TPSA) is 73.1 Å². The van der Waals surface area contributed by atoms with Crippen LogP contribution in [0.2, 0.25) is 0 Å². The van der Waals surface area contributed by atoms with Gasteiger partial charge in [-0.15, -0.1) is 0 Å². The van der Waals surface area contributed by atoms with Crippen LogP contribution in [-0.4, -0.2) is 24.2 Å². The summed E-state index contributed by atoms with van der Waals surface area (Å²) in [4.78, 5) is 10.2. The maximum atomic E-state index is 10.2. The molecule has 0 rings (SSSR count). The summed E-state index contributed by atoms with van der Waals surface area (Å²) in [6, 6.07) is 2.08. The zero-order valence-electron chi connectivity index (χ0n) is 8.13. The number of nitrogens with zero attached hydrogens (tertiary/aromatic N) is 1. The zero-order valence-corrected chi connectivity index (χ0v) is 8.13. The standard InChI is InChI=1S/C9H16N2O2/c1-9(2,4-3-5-10)7-11-6-8(12)13/h11H,3-4,6-7H2,1-2H3,(H,12,13). The van der Waals surface area contributed by atoms with Gasteiger partial charge in [0, 0.05) is 13.0 Å². The van der Waals surface area contributed by atoms with Gasteiger partial charge in [0.15, 0.2) is 0 Å². The number of nitrogens with one attached hydrogen (secondary N) is 1. The van der Waals surface area contributed by atoms with E-state index in [4.69, 9.17) is 10.4 Å². The Labute approximate surface area is 78.6 Å². The second kappa shape index (κ2) is 5.55. The molecule has 0 fully saturated rings. The van der Waals surface area contributed by atoms with Crippen LogP contribution in [0.25, 0.3) is 0 Å². The number of carboxylic acids is 1. The molecule has 0 aromatic rings. The van der Waals surface area contributed by atoms with Crippen molar-refractivity contribution in [2.24, 2.45) is 5.41 Å². The van der Waals surface area contributed by atoms with Gasteiger partial charge in [-0.2, -0.15) is 5.26 Å². The van der Waals surface area contributed by atoms with Gasteiger partial charge in [0.25, 0.3) is 0 Å². The molecular weight excluding hydrogens is 168 g/mol. The average molecular weight is 184 g/mol. The Morgan fingerprint density at radius 2 is 2.23 bits per heavy atom. The Morgan fingerprint density at radius 3 is 2.69 bits per heavy atom. The summed E-state index contributed by atoms with van der Waals surface area (Å²) in [6.45, 7) is 4.63. The van der Waals surface area contributed by atoms with Gasteiger partial charge in [0.1, 0.15) is 0 Å². The molecule has 0 aliphatic heterocycles. The molecule has 0 saturated heterocycles. The first-order valence-corrected chi connectivity index (χ1v) is 4.27. The molecule has 0 heterocycles. The normalized spacial score (nSPS) is 10.8. The van der Waals surface area contributed by atoms with Crippen LogP contribution in [0.5, 0.6) is 0 Å². The molecule has 0 aromatic carbocycles. The molecule has 74 valence electrons. The highest BCUT2D eigenvalue weighted by molar-refractivity contribution is 5.68. The van der Waals surface area contributed by atoms with E-state index in [1.54, 1.807) is 0 Å². The second-order valence-corrected chi connectivity index (χ2v) is 3.82. The van der Waals surface area contributed by atoms with Crippen LogP contribution in [0.3, 0.4) is 0 Å². The molecule has 4 heteroatoms. The molecule has 4 nitrogen and oxygen atoms in total. The monoisotopic (exact) mass is 184 g/mol. The number of carbonyl (C=O) groups is 1. The van der Waals surface area contributed by atoms with Crippen molar-refractivity contribution in [3.8, 4) is 6.07 Å². The predicted molar refractivity (Wildman–Crippen MR) is 49.1 cm³/mol. The Hall–Kier alpha value is -1.08. The van der Waals surface area contributed by atoms with E-state index in [0.29, 0.717) is 13.0 Å². The molecule has 0 bridgehead atoms. The van der Waals surface area contributed by atoms with Crippen molar-refractivity contribution >= 4 is 5.97 Å². The quantitative estimate of drug-likeness (QED) is 0.645.